The van der Waals surface area contributed by atoms with E-state index in [1.165, 1.54) is 4.90 Å². The molecule has 7 heteroatoms. The van der Waals surface area contributed by atoms with Gasteiger partial charge in [0.1, 0.15) is 11.3 Å². The molecular formula is C22H30N2O5. The fraction of sp³-hybridized carbons (Fsp3) is 0.591. The molecule has 2 aliphatic heterocycles. The lowest BCUT2D eigenvalue weighted by molar-refractivity contribution is -0.156. The summed E-state index contributed by atoms with van der Waals surface area (Å²) in [5.41, 5.74) is -0.453. The zero-order chi connectivity index (χ0) is 21.2. The van der Waals surface area contributed by atoms with Crippen LogP contribution in [-0.4, -0.2) is 48.5 Å². The van der Waals surface area contributed by atoms with Crippen LogP contribution in [0, 0.1) is 11.8 Å². The molecule has 3 rings (SSSR count). The summed E-state index contributed by atoms with van der Waals surface area (Å²) in [6.45, 7) is 6.06. The van der Waals surface area contributed by atoms with Crippen LogP contribution in [0.4, 0.5) is 0 Å². The number of carbonyl (C=O) groups is 3. The van der Waals surface area contributed by atoms with E-state index < -0.39 is 29.4 Å². The number of hydrogen-bond donors (Lipinski definition) is 1. The average Bonchev–Trinajstić information content (AvgIpc) is 3.20. The van der Waals surface area contributed by atoms with Crippen LogP contribution in [0.2, 0.25) is 0 Å². The number of carbonyl (C=O) groups excluding carboxylic acids is 3. The number of rotatable bonds is 8. The van der Waals surface area contributed by atoms with Crippen molar-refractivity contribution in [1.29, 1.82) is 0 Å². The predicted octanol–water partition coefficient (Wildman–Crippen LogP) is 2.45. The molecular weight excluding hydrogens is 372 g/mol. The lowest BCUT2D eigenvalue weighted by Gasteiger charge is -2.33. The number of esters is 1. The number of nitrogens with zero attached hydrogens (tertiary/aromatic N) is 1. The molecule has 2 aliphatic rings. The number of likely N-dealkylation sites (tertiary alicyclic amines) is 1. The average molecular weight is 402 g/mol. The van der Waals surface area contributed by atoms with Gasteiger partial charge < -0.3 is 9.47 Å². The Balaban J connectivity index is 2.16. The highest BCUT2D eigenvalue weighted by molar-refractivity contribution is 6.09. The SMILES string of the molecule is CCCC[C@]1(C(=O)OCC)N[C@H](c2ccccc2OC)[C@H]2C(=O)N(CC)C(=O)[C@H]21. The van der Waals surface area contributed by atoms with Gasteiger partial charge in [-0.2, -0.15) is 0 Å². The van der Waals surface area contributed by atoms with E-state index >= 15 is 0 Å². The number of benzene rings is 1. The maximum Gasteiger partial charge on any atom is 0.327 e. The maximum atomic E-state index is 13.3. The summed E-state index contributed by atoms with van der Waals surface area (Å²) in [5, 5.41) is 3.40. The third kappa shape index (κ3) is 3.31. The molecule has 29 heavy (non-hydrogen) atoms. The molecule has 2 heterocycles. The molecule has 0 unspecified atom stereocenters. The Labute approximate surface area is 171 Å². The van der Waals surface area contributed by atoms with Crippen molar-refractivity contribution in [2.45, 2.75) is 51.6 Å². The largest absolute Gasteiger partial charge is 0.496 e. The molecule has 2 fully saturated rings. The van der Waals surface area contributed by atoms with Gasteiger partial charge in [-0.1, -0.05) is 38.0 Å². The van der Waals surface area contributed by atoms with Gasteiger partial charge in [-0.3, -0.25) is 24.6 Å². The summed E-state index contributed by atoms with van der Waals surface area (Å²) < 4.78 is 10.9. The monoisotopic (exact) mass is 402 g/mol. The quantitative estimate of drug-likeness (QED) is 0.531. The number of para-hydroxylation sites is 1. The fourth-order valence-electron chi connectivity index (χ4n) is 4.80. The second kappa shape index (κ2) is 8.53. The Hall–Kier alpha value is -2.41. The van der Waals surface area contributed by atoms with Crippen LogP contribution >= 0.6 is 0 Å². The van der Waals surface area contributed by atoms with E-state index in [0.717, 1.165) is 18.4 Å². The number of methoxy groups -OCH3 is 1. The Morgan fingerprint density at radius 2 is 1.90 bits per heavy atom. The van der Waals surface area contributed by atoms with Gasteiger partial charge in [0.2, 0.25) is 11.8 Å². The summed E-state index contributed by atoms with van der Waals surface area (Å²) in [4.78, 5) is 41.0. The third-order valence-corrected chi connectivity index (χ3v) is 6.10. The number of ether oxygens (including phenoxy) is 2. The number of hydrogen-bond acceptors (Lipinski definition) is 6. The number of fused-ring (bicyclic) bond motifs is 1. The number of imide groups is 1. The zero-order valence-electron chi connectivity index (χ0n) is 17.6. The number of nitrogens with one attached hydrogen (secondary N) is 1. The van der Waals surface area contributed by atoms with E-state index in [4.69, 9.17) is 9.47 Å². The Morgan fingerprint density at radius 1 is 1.17 bits per heavy atom. The first-order valence-corrected chi connectivity index (χ1v) is 10.4. The first kappa shape index (κ1) is 21.3. The van der Waals surface area contributed by atoms with Gasteiger partial charge in [-0.05, 0) is 26.3 Å². The molecule has 158 valence electrons. The molecule has 1 aromatic carbocycles. The van der Waals surface area contributed by atoms with Crippen molar-refractivity contribution < 1.29 is 23.9 Å². The Kier molecular flexibility index (Phi) is 6.27. The number of amides is 2. The second-order valence-corrected chi connectivity index (χ2v) is 7.58. The van der Waals surface area contributed by atoms with Crippen molar-refractivity contribution in [2.24, 2.45) is 11.8 Å². The highest BCUT2D eigenvalue weighted by Crippen LogP contribution is 2.52. The topological polar surface area (TPSA) is 84.9 Å². The molecule has 2 amide bonds. The molecule has 0 aliphatic carbocycles. The van der Waals surface area contributed by atoms with Gasteiger partial charge in [0.15, 0.2) is 0 Å². The van der Waals surface area contributed by atoms with Gasteiger partial charge >= 0.3 is 5.97 Å². The first-order valence-electron chi connectivity index (χ1n) is 10.4. The highest BCUT2D eigenvalue weighted by Gasteiger charge is 2.68. The molecule has 0 radical (unpaired) electrons. The molecule has 1 N–H and O–H groups in total. The van der Waals surface area contributed by atoms with E-state index in [2.05, 4.69) is 5.32 Å². The Morgan fingerprint density at radius 3 is 2.52 bits per heavy atom. The highest BCUT2D eigenvalue weighted by atomic mass is 16.5. The summed E-state index contributed by atoms with van der Waals surface area (Å²) >= 11 is 0. The van der Waals surface area contributed by atoms with Crippen molar-refractivity contribution in [2.75, 3.05) is 20.3 Å². The molecule has 0 aromatic heterocycles. The van der Waals surface area contributed by atoms with Crippen LogP contribution in [0.15, 0.2) is 24.3 Å². The van der Waals surface area contributed by atoms with Gasteiger partial charge in [0.05, 0.1) is 25.6 Å². The van der Waals surface area contributed by atoms with E-state index in [1.807, 2.05) is 31.2 Å². The van der Waals surface area contributed by atoms with Crippen LogP contribution in [0.5, 0.6) is 5.75 Å². The zero-order valence-corrected chi connectivity index (χ0v) is 17.6. The Bertz CT molecular complexity index is 795. The van der Waals surface area contributed by atoms with E-state index in [9.17, 15) is 14.4 Å². The van der Waals surface area contributed by atoms with Crippen molar-refractivity contribution in [3.63, 3.8) is 0 Å². The minimum absolute atomic E-state index is 0.213. The second-order valence-electron chi connectivity index (χ2n) is 7.58. The van der Waals surface area contributed by atoms with Crippen LogP contribution in [0.25, 0.3) is 0 Å². The summed E-state index contributed by atoms with van der Waals surface area (Å²) in [5.74, 6) is -1.82. The lowest BCUT2D eigenvalue weighted by Crippen LogP contribution is -2.56. The molecule has 0 bridgehead atoms. The van der Waals surface area contributed by atoms with E-state index in [-0.39, 0.29) is 25.0 Å². The molecule has 0 saturated carbocycles. The van der Waals surface area contributed by atoms with Gasteiger partial charge in [-0.25, -0.2) is 0 Å². The summed E-state index contributed by atoms with van der Waals surface area (Å²) in [7, 11) is 1.57. The van der Waals surface area contributed by atoms with E-state index in [1.54, 1.807) is 21.0 Å². The minimum Gasteiger partial charge on any atom is -0.496 e. The molecule has 7 nitrogen and oxygen atoms in total. The van der Waals surface area contributed by atoms with Crippen molar-refractivity contribution in [3.8, 4) is 5.75 Å². The third-order valence-electron chi connectivity index (χ3n) is 6.10. The first-order chi connectivity index (χ1) is 14.0. The smallest absolute Gasteiger partial charge is 0.327 e. The van der Waals surface area contributed by atoms with Crippen molar-refractivity contribution in [1.82, 2.24) is 10.2 Å². The van der Waals surface area contributed by atoms with Crippen LogP contribution < -0.4 is 10.1 Å². The van der Waals surface area contributed by atoms with Crippen molar-refractivity contribution >= 4 is 17.8 Å². The molecule has 0 spiro atoms. The fourth-order valence-corrected chi connectivity index (χ4v) is 4.80. The molecule has 4 atom stereocenters. The summed E-state index contributed by atoms with van der Waals surface area (Å²) in [6, 6.07) is 6.90. The van der Waals surface area contributed by atoms with E-state index in [0.29, 0.717) is 12.2 Å². The predicted molar refractivity (Wildman–Crippen MR) is 107 cm³/mol. The lowest BCUT2D eigenvalue weighted by atomic mass is 9.76. The van der Waals surface area contributed by atoms with Gasteiger partial charge in [0.25, 0.3) is 0 Å². The maximum absolute atomic E-state index is 13.3. The standard InChI is InChI=1S/C22H30N2O5/c1-5-8-13-22(21(27)29-7-3)17-16(19(25)24(6-2)20(17)26)18(23-22)14-11-9-10-12-15(14)28-4/h9-12,16-18,23H,5-8,13H2,1-4H3/t16-,17-,18+,22-/m0/s1. The molecule has 1 aromatic rings. The minimum atomic E-state index is -1.22. The van der Waals surface area contributed by atoms with Gasteiger partial charge in [-0.15, -0.1) is 0 Å². The van der Waals surface area contributed by atoms with Crippen molar-refractivity contribution in [3.05, 3.63) is 29.8 Å². The summed E-state index contributed by atoms with van der Waals surface area (Å²) in [6.07, 6.45) is 2.03. The molecule has 2 saturated heterocycles. The van der Waals surface area contributed by atoms with Crippen LogP contribution in [0.3, 0.4) is 0 Å². The van der Waals surface area contributed by atoms with Crippen LogP contribution in [0.1, 0.15) is 51.6 Å². The number of unbranched alkanes of at least 4 members (excludes halogenated alkanes) is 1. The van der Waals surface area contributed by atoms with Crippen LogP contribution in [-0.2, 0) is 19.1 Å². The normalized spacial score (nSPS) is 28.6. The van der Waals surface area contributed by atoms with Gasteiger partial charge in [0, 0.05) is 18.2 Å².